The SMILES string of the molecule is O=C1CC[C@H](c2c(F)cc(N3CC(O)C3)cc2F)C(=O)N1. The van der Waals surface area contributed by atoms with Crippen LogP contribution in [0.2, 0.25) is 0 Å². The highest BCUT2D eigenvalue weighted by Crippen LogP contribution is 2.33. The van der Waals surface area contributed by atoms with Crippen molar-refractivity contribution in [2.45, 2.75) is 24.9 Å². The summed E-state index contributed by atoms with van der Waals surface area (Å²) in [6.07, 6.45) is -0.318. The number of halogens is 2. The zero-order chi connectivity index (χ0) is 15.1. The molecule has 112 valence electrons. The number of amides is 2. The van der Waals surface area contributed by atoms with Crippen LogP contribution < -0.4 is 10.2 Å². The third-order valence-electron chi connectivity index (χ3n) is 3.88. The summed E-state index contributed by atoms with van der Waals surface area (Å²) >= 11 is 0. The molecular formula is C14H14F2N2O3. The molecule has 2 aliphatic rings. The molecule has 0 unspecified atom stereocenters. The van der Waals surface area contributed by atoms with Gasteiger partial charge >= 0.3 is 0 Å². The van der Waals surface area contributed by atoms with E-state index in [0.29, 0.717) is 18.8 Å². The summed E-state index contributed by atoms with van der Waals surface area (Å²) in [6, 6.07) is 2.32. The van der Waals surface area contributed by atoms with E-state index >= 15 is 0 Å². The molecule has 0 aliphatic carbocycles. The highest BCUT2D eigenvalue weighted by molar-refractivity contribution is 6.01. The van der Waals surface area contributed by atoms with Gasteiger partial charge in [0.15, 0.2) is 0 Å². The first-order chi connectivity index (χ1) is 9.95. The standard InChI is InChI=1S/C14H14F2N2O3/c15-10-3-7(18-5-8(19)6-18)4-11(16)13(10)9-1-2-12(20)17-14(9)21/h3-4,8-9,19H,1-2,5-6H2,(H,17,20,21)/t9-/m1/s1. The van der Waals surface area contributed by atoms with Gasteiger partial charge in [-0.15, -0.1) is 0 Å². The van der Waals surface area contributed by atoms with Crippen LogP contribution in [0, 0.1) is 11.6 Å². The van der Waals surface area contributed by atoms with Crippen molar-refractivity contribution in [3.05, 3.63) is 29.3 Å². The lowest BCUT2D eigenvalue weighted by atomic mass is 9.89. The van der Waals surface area contributed by atoms with Crippen molar-refractivity contribution >= 4 is 17.5 Å². The first-order valence-corrected chi connectivity index (χ1v) is 6.71. The average molecular weight is 296 g/mol. The lowest BCUT2D eigenvalue weighted by Gasteiger charge is -2.38. The van der Waals surface area contributed by atoms with Crippen LogP contribution in [0.15, 0.2) is 12.1 Å². The highest BCUT2D eigenvalue weighted by atomic mass is 19.1. The van der Waals surface area contributed by atoms with E-state index in [0.717, 1.165) is 12.1 Å². The predicted molar refractivity (Wildman–Crippen MR) is 69.7 cm³/mol. The summed E-state index contributed by atoms with van der Waals surface area (Å²) < 4.78 is 28.4. The number of piperidine rings is 1. The van der Waals surface area contributed by atoms with Gasteiger partial charge in [0.2, 0.25) is 11.8 Å². The quantitative estimate of drug-likeness (QED) is 0.787. The molecule has 0 saturated carbocycles. The fourth-order valence-corrected chi connectivity index (χ4v) is 2.72. The number of carbonyl (C=O) groups excluding carboxylic acids is 2. The highest BCUT2D eigenvalue weighted by Gasteiger charge is 2.33. The van der Waals surface area contributed by atoms with Crippen LogP contribution >= 0.6 is 0 Å². The summed E-state index contributed by atoms with van der Waals surface area (Å²) in [7, 11) is 0. The maximum absolute atomic E-state index is 14.2. The van der Waals surface area contributed by atoms with Gasteiger partial charge in [-0.3, -0.25) is 14.9 Å². The molecule has 1 aromatic rings. The molecule has 2 fully saturated rings. The van der Waals surface area contributed by atoms with Gasteiger partial charge in [0.05, 0.1) is 12.0 Å². The van der Waals surface area contributed by atoms with Crippen molar-refractivity contribution in [1.82, 2.24) is 5.32 Å². The number of nitrogens with one attached hydrogen (secondary N) is 1. The number of β-amino-alcohol motifs (C(OH)–C–C–N with tert-alkyl or cyclic N) is 1. The minimum absolute atomic E-state index is 0.0648. The topological polar surface area (TPSA) is 69.6 Å². The smallest absolute Gasteiger partial charge is 0.234 e. The van der Waals surface area contributed by atoms with Crippen molar-refractivity contribution in [3.63, 3.8) is 0 Å². The maximum atomic E-state index is 14.2. The van der Waals surface area contributed by atoms with Gasteiger partial charge in [0, 0.05) is 30.8 Å². The molecule has 21 heavy (non-hydrogen) atoms. The summed E-state index contributed by atoms with van der Waals surface area (Å²) in [5, 5.41) is 11.3. The Hall–Kier alpha value is -2.02. The Morgan fingerprint density at radius 3 is 2.33 bits per heavy atom. The van der Waals surface area contributed by atoms with Crippen molar-refractivity contribution < 1.29 is 23.5 Å². The van der Waals surface area contributed by atoms with Gasteiger partial charge in [-0.25, -0.2) is 8.78 Å². The Bertz CT molecular complexity index is 591. The number of aliphatic hydroxyl groups is 1. The molecule has 0 aromatic heterocycles. The molecule has 1 aromatic carbocycles. The van der Waals surface area contributed by atoms with Crippen molar-refractivity contribution in [2.75, 3.05) is 18.0 Å². The van der Waals surface area contributed by atoms with Gasteiger partial charge in [-0.2, -0.15) is 0 Å². The molecule has 2 aliphatic heterocycles. The van der Waals surface area contributed by atoms with E-state index in [4.69, 9.17) is 0 Å². The lowest BCUT2D eigenvalue weighted by Crippen LogP contribution is -2.51. The van der Waals surface area contributed by atoms with E-state index in [9.17, 15) is 23.5 Å². The van der Waals surface area contributed by atoms with Crippen molar-refractivity contribution in [3.8, 4) is 0 Å². The molecule has 0 spiro atoms. The molecule has 0 bridgehead atoms. The van der Waals surface area contributed by atoms with E-state index in [1.807, 2.05) is 0 Å². The number of imide groups is 1. The Morgan fingerprint density at radius 1 is 1.19 bits per heavy atom. The average Bonchev–Trinajstić information content (AvgIpc) is 2.36. The maximum Gasteiger partial charge on any atom is 0.234 e. The number of benzene rings is 1. The number of aliphatic hydroxyl groups excluding tert-OH is 1. The molecule has 2 heterocycles. The molecule has 3 rings (SSSR count). The Labute approximate surface area is 119 Å². The second-order valence-corrected chi connectivity index (χ2v) is 5.39. The largest absolute Gasteiger partial charge is 0.389 e. The van der Waals surface area contributed by atoms with Crippen LogP contribution in [0.5, 0.6) is 0 Å². The van der Waals surface area contributed by atoms with Crippen LogP contribution in [-0.2, 0) is 9.59 Å². The van der Waals surface area contributed by atoms with E-state index in [-0.39, 0.29) is 18.4 Å². The third kappa shape index (κ3) is 2.49. The first-order valence-electron chi connectivity index (χ1n) is 6.71. The van der Waals surface area contributed by atoms with Crippen LogP contribution in [0.3, 0.4) is 0 Å². The molecule has 2 N–H and O–H groups in total. The normalized spacial score (nSPS) is 23.0. The van der Waals surface area contributed by atoms with Gasteiger partial charge in [0.1, 0.15) is 11.6 Å². The van der Waals surface area contributed by atoms with Crippen LogP contribution in [0.25, 0.3) is 0 Å². The van der Waals surface area contributed by atoms with Gasteiger partial charge < -0.3 is 10.0 Å². The Kier molecular flexibility index (Phi) is 3.36. The van der Waals surface area contributed by atoms with E-state index in [1.165, 1.54) is 0 Å². The molecule has 7 heteroatoms. The molecule has 1 atom stereocenters. The minimum atomic E-state index is -0.987. The second kappa shape index (κ2) is 5.07. The molecule has 2 saturated heterocycles. The zero-order valence-corrected chi connectivity index (χ0v) is 11.1. The lowest BCUT2D eigenvalue weighted by molar-refractivity contribution is -0.134. The summed E-state index contributed by atoms with van der Waals surface area (Å²) in [5.41, 5.74) is 0.0381. The van der Waals surface area contributed by atoms with Crippen molar-refractivity contribution in [2.24, 2.45) is 0 Å². The molecular weight excluding hydrogens is 282 g/mol. The predicted octanol–water partition coefficient (Wildman–Crippen LogP) is 0.666. The van der Waals surface area contributed by atoms with E-state index < -0.39 is 35.5 Å². The Balaban J connectivity index is 1.89. The number of carbonyl (C=O) groups is 2. The van der Waals surface area contributed by atoms with Crippen LogP contribution in [0.1, 0.15) is 24.3 Å². The summed E-state index contributed by atoms with van der Waals surface area (Å²) in [4.78, 5) is 24.5. The zero-order valence-electron chi connectivity index (χ0n) is 11.1. The third-order valence-corrected chi connectivity index (χ3v) is 3.88. The summed E-state index contributed by atoms with van der Waals surface area (Å²) in [6.45, 7) is 0.660. The number of hydrogen-bond donors (Lipinski definition) is 2. The summed E-state index contributed by atoms with van der Waals surface area (Å²) in [5.74, 6) is -3.69. The van der Waals surface area contributed by atoms with E-state index in [1.54, 1.807) is 4.90 Å². The van der Waals surface area contributed by atoms with E-state index in [2.05, 4.69) is 5.32 Å². The first kappa shape index (κ1) is 13.9. The number of rotatable bonds is 2. The molecule has 5 nitrogen and oxygen atoms in total. The molecule has 0 radical (unpaired) electrons. The minimum Gasteiger partial charge on any atom is -0.389 e. The number of nitrogens with zero attached hydrogens (tertiary/aromatic N) is 1. The fraction of sp³-hybridized carbons (Fsp3) is 0.429. The fourth-order valence-electron chi connectivity index (χ4n) is 2.72. The van der Waals surface area contributed by atoms with Gasteiger partial charge in [-0.1, -0.05) is 0 Å². The van der Waals surface area contributed by atoms with Crippen LogP contribution in [-0.4, -0.2) is 36.1 Å². The number of anilines is 1. The molecule has 2 amide bonds. The Morgan fingerprint density at radius 2 is 1.81 bits per heavy atom. The monoisotopic (exact) mass is 296 g/mol. The van der Waals surface area contributed by atoms with Crippen LogP contribution in [0.4, 0.5) is 14.5 Å². The van der Waals surface area contributed by atoms with Gasteiger partial charge in [-0.05, 0) is 18.6 Å². The second-order valence-electron chi connectivity index (χ2n) is 5.39. The van der Waals surface area contributed by atoms with Crippen molar-refractivity contribution in [1.29, 1.82) is 0 Å². The number of hydrogen-bond acceptors (Lipinski definition) is 4. The van der Waals surface area contributed by atoms with Gasteiger partial charge in [0.25, 0.3) is 0 Å².